The predicted octanol–water partition coefficient (Wildman–Crippen LogP) is 2.03. The van der Waals surface area contributed by atoms with Gasteiger partial charge in [0.2, 0.25) is 0 Å². The topological polar surface area (TPSA) is 58.2 Å². The third-order valence-electron chi connectivity index (χ3n) is 2.72. The Bertz CT molecular complexity index is 592. The van der Waals surface area contributed by atoms with Crippen LogP contribution in [0.3, 0.4) is 0 Å². The molecule has 1 heterocycles. The maximum absolute atomic E-state index is 11.4. The fourth-order valence-electron chi connectivity index (χ4n) is 1.83. The second-order valence-corrected chi connectivity index (χ2v) is 7.81. The first-order valence-corrected chi connectivity index (χ1v) is 8.58. The van der Waals surface area contributed by atoms with E-state index in [0.29, 0.717) is 15.8 Å². The van der Waals surface area contributed by atoms with Gasteiger partial charge in [0, 0.05) is 0 Å². The van der Waals surface area contributed by atoms with Crippen LogP contribution in [-0.4, -0.2) is 36.5 Å². The number of nitrogens with one attached hydrogen (secondary N) is 2. The van der Waals surface area contributed by atoms with E-state index in [-0.39, 0.29) is 17.5 Å². The Morgan fingerprint density at radius 3 is 2.58 bits per heavy atom. The third-order valence-corrected chi connectivity index (χ3v) is 5.65. The Balaban J connectivity index is 1.98. The van der Waals surface area contributed by atoms with Crippen molar-refractivity contribution in [3.05, 3.63) is 29.3 Å². The molecule has 19 heavy (non-hydrogen) atoms. The lowest BCUT2D eigenvalue weighted by atomic mass is 10.2. The first kappa shape index (κ1) is 14.8. The van der Waals surface area contributed by atoms with Crippen LogP contribution in [0.2, 0.25) is 5.02 Å². The molecule has 2 N–H and O–H groups in total. The van der Waals surface area contributed by atoms with Gasteiger partial charge < -0.3 is 10.6 Å². The van der Waals surface area contributed by atoms with Crippen molar-refractivity contribution >= 4 is 56.1 Å². The van der Waals surface area contributed by atoms with E-state index >= 15 is 0 Å². The molecule has 0 radical (unpaired) electrons. The van der Waals surface area contributed by atoms with Gasteiger partial charge in [-0.1, -0.05) is 23.7 Å². The fraction of sp³-hybridized carbons (Fsp3) is 0.364. The van der Waals surface area contributed by atoms with Crippen molar-refractivity contribution < 1.29 is 8.42 Å². The van der Waals surface area contributed by atoms with Gasteiger partial charge in [0.05, 0.1) is 33.6 Å². The molecule has 0 amide bonds. The van der Waals surface area contributed by atoms with Crippen LogP contribution >= 0.6 is 35.4 Å². The first-order chi connectivity index (χ1) is 8.87. The molecule has 1 aliphatic rings. The Labute approximate surface area is 127 Å². The highest BCUT2D eigenvalue weighted by atomic mass is 35.5. The van der Waals surface area contributed by atoms with E-state index in [9.17, 15) is 8.42 Å². The molecular weight excluding hydrogens is 327 g/mol. The quantitative estimate of drug-likeness (QED) is 0.638. The third kappa shape index (κ3) is 3.95. The lowest BCUT2D eigenvalue weighted by molar-refractivity contribution is 0.600. The molecule has 8 heteroatoms. The number of hydrogen-bond acceptors (Lipinski definition) is 3. The average Bonchev–Trinajstić information content (AvgIpc) is 2.55. The number of para-hydroxylation sites is 1. The van der Waals surface area contributed by atoms with Gasteiger partial charge in [-0.25, -0.2) is 8.42 Å². The number of thiocarbonyl (C=S) groups is 1. The van der Waals surface area contributed by atoms with Crippen molar-refractivity contribution in [1.82, 2.24) is 5.32 Å². The molecule has 0 bridgehead atoms. The molecule has 104 valence electrons. The fourth-order valence-corrected chi connectivity index (χ4v) is 4.82. The van der Waals surface area contributed by atoms with E-state index in [1.54, 1.807) is 12.1 Å². The van der Waals surface area contributed by atoms with Crippen molar-refractivity contribution in [3.8, 4) is 0 Å². The summed E-state index contributed by atoms with van der Waals surface area (Å²) in [6.07, 6.45) is 0. The summed E-state index contributed by atoms with van der Waals surface area (Å²) in [5, 5.41) is 6.20. The standard InChI is InChI=1S/C11H12Cl2N2O2S2/c12-7-3-1-2-4-9(7)14-11(18)15-10-6-19(16,17)5-8(10)13/h1-4,8,10H,5-6H2,(H2,14,15,18)/t8-,10-/m1/s1. The number of sulfone groups is 1. The monoisotopic (exact) mass is 338 g/mol. The van der Waals surface area contributed by atoms with Crippen LogP contribution in [0, 0.1) is 0 Å². The summed E-state index contributed by atoms with van der Waals surface area (Å²) in [7, 11) is -3.08. The molecule has 1 aliphatic heterocycles. The normalized spacial score (nSPS) is 24.9. The maximum atomic E-state index is 11.4. The molecule has 0 aromatic heterocycles. The largest absolute Gasteiger partial charge is 0.357 e. The van der Waals surface area contributed by atoms with Gasteiger partial charge >= 0.3 is 0 Å². The van der Waals surface area contributed by atoms with E-state index in [2.05, 4.69) is 10.6 Å². The average molecular weight is 339 g/mol. The molecule has 2 atom stereocenters. The minimum Gasteiger partial charge on any atom is -0.357 e. The van der Waals surface area contributed by atoms with Crippen LogP contribution in [0.15, 0.2) is 24.3 Å². The van der Waals surface area contributed by atoms with Crippen LogP contribution in [-0.2, 0) is 9.84 Å². The zero-order valence-corrected chi connectivity index (χ0v) is 12.9. The molecule has 1 fully saturated rings. The van der Waals surface area contributed by atoms with Crippen molar-refractivity contribution in [2.45, 2.75) is 11.4 Å². The van der Waals surface area contributed by atoms with E-state index in [4.69, 9.17) is 35.4 Å². The van der Waals surface area contributed by atoms with Crippen molar-refractivity contribution in [1.29, 1.82) is 0 Å². The SMILES string of the molecule is O=S1(=O)C[C@@H](Cl)[C@H](NC(=S)Nc2ccccc2Cl)C1. The van der Waals surface area contributed by atoms with Crippen molar-refractivity contribution in [3.63, 3.8) is 0 Å². The summed E-state index contributed by atoms with van der Waals surface area (Å²) in [4.78, 5) is 0. The van der Waals surface area contributed by atoms with Gasteiger partial charge in [-0.2, -0.15) is 0 Å². The molecule has 1 saturated heterocycles. The molecule has 4 nitrogen and oxygen atoms in total. The molecular formula is C11H12Cl2N2O2S2. The van der Waals surface area contributed by atoms with Crippen LogP contribution in [0.1, 0.15) is 0 Å². The second-order valence-electron chi connectivity index (χ2n) is 4.28. The van der Waals surface area contributed by atoms with Crippen LogP contribution in [0.25, 0.3) is 0 Å². The summed E-state index contributed by atoms with van der Waals surface area (Å²) < 4.78 is 22.9. The predicted molar refractivity (Wildman–Crippen MR) is 82.9 cm³/mol. The first-order valence-electron chi connectivity index (χ1n) is 5.54. The molecule has 0 saturated carbocycles. The number of rotatable bonds is 2. The molecule has 2 rings (SSSR count). The lowest BCUT2D eigenvalue weighted by Crippen LogP contribution is -2.42. The van der Waals surface area contributed by atoms with E-state index < -0.39 is 15.2 Å². The van der Waals surface area contributed by atoms with E-state index in [0.717, 1.165) is 0 Å². The molecule has 0 spiro atoms. The summed E-state index contributed by atoms with van der Waals surface area (Å²) >= 11 is 17.1. The van der Waals surface area contributed by atoms with E-state index in [1.807, 2.05) is 12.1 Å². The summed E-state index contributed by atoms with van der Waals surface area (Å²) in [5.41, 5.74) is 0.661. The molecule has 1 aromatic carbocycles. The number of alkyl halides is 1. The zero-order valence-electron chi connectivity index (χ0n) is 9.77. The Kier molecular flexibility index (Phi) is 4.55. The van der Waals surface area contributed by atoms with Crippen molar-refractivity contribution in [2.24, 2.45) is 0 Å². The minimum atomic E-state index is -3.08. The smallest absolute Gasteiger partial charge is 0.171 e. The molecule has 0 aliphatic carbocycles. The van der Waals surface area contributed by atoms with Gasteiger partial charge in [-0.3, -0.25) is 0 Å². The summed E-state index contributed by atoms with van der Waals surface area (Å²) in [6, 6.07) is 6.76. The van der Waals surface area contributed by atoms with Gasteiger partial charge in [-0.05, 0) is 24.4 Å². The van der Waals surface area contributed by atoms with Gasteiger partial charge in [-0.15, -0.1) is 11.6 Å². The Morgan fingerprint density at radius 1 is 1.32 bits per heavy atom. The summed E-state index contributed by atoms with van der Waals surface area (Å²) in [5.74, 6) is -0.0353. The Hall–Kier alpha value is -0.560. The lowest BCUT2D eigenvalue weighted by Gasteiger charge is -2.17. The van der Waals surface area contributed by atoms with Gasteiger partial charge in [0.25, 0.3) is 0 Å². The van der Waals surface area contributed by atoms with Gasteiger partial charge in [0.15, 0.2) is 14.9 Å². The molecule has 0 unspecified atom stereocenters. The zero-order chi connectivity index (χ0) is 14.0. The van der Waals surface area contributed by atoms with Crippen LogP contribution in [0.5, 0.6) is 0 Å². The highest BCUT2D eigenvalue weighted by molar-refractivity contribution is 7.91. The van der Waals surface area contributed by atoms with E-state index in [1.165, 1.54) is 0 Å². The number of benzene rings is 1. The Morgan fingerprint density at radius 2 is 2.00 bits per heavy atom. The summed E-state index contributed by atoms with van der Waals surface area (Å²) in [6.45, 7) is 0. The number of anilines is 1. The van der Waals surface area contributed by atoms with Crippen LogP contribution in [0.4, 0.5) is 5.69 Å². The van der Waals surface area contributed by atoms with Crippen LogP contribution < -0.4 is 10.6 Å². The highest BCUT2D eigenvalue weighted by Gasteiger charge is 2.36. The number of halogens is 2. The highest BCUT2D eigenvalue weighted by Crippen LogP contribution is 2.21. The van der Waals surface area contributed by atoms with Gasteiger partial charge in [0.1, 0.15) is 0 Å². The van der Waals surface area contributed by atoms with Crippen molar-refractivity contribution in [2.75, 3.05) is 16.8 Å². The maximum Gasteiger partial charge on any atom is 0.171 e. The number of hydrogen-bond donors (Lipinski definition) is 2. The second kappa shape index (κ2) is 5.83. The molecule has 1 aromatic rings. The minimum absolute atomic E-state index is 0.00842.